The number of esters is 1. The third kappa shape index (κ3) is 3.99. The lowest BCUT2D eigenvalue weighted by Crippen LogP contribution is -2.33. The maximum absolute atomic E-state index is 14.1. The van der Waals surface area contributed by atoms with Crippen LogP contribution in [0.3, 0.4) is 0 Å². The Morgan fingerprint density at radius 3 is 2.68 bits per heavy atom. The second kappa shape index (κ2) is 8.41. The molecule has 0 aliphatic carbocycles. The molecule has 7 nitrogen and oxygen atoms in total. The van der Waals surface area contributed by atoms with E-state index in [1.165, 1.54) is 23.5 Å². The van der Waals surface area contributed by atoms with Crippen LogP contribution in [0.1, 0.15) is 28.7 Å². The van der Waals surface area contributed by atoms with Gasteiger partial charge in [0.05, 0.1) is 29.4 Å². The molecule has 4 N–H and O–H groups in total. The first kappa shape index (κ1) is 20.9. The summed E-state index contributed by atoms with van der Waals surface area (Å²) in [5.41, 5.74) is 10.1. The molecule has 0 fully saturated rings. The van der Waals surface area contributed by atoms with Gasteiger partial charge in [0.1, 0.15) is 12.1 Å². The molecule has 3 aromatic rings. The highest BCUT2D eigenvalue weighted by molar-refractivity contribution is 6.30. The highest BCUT2D eigenvalue weighted by atomic mass is 35.5. The van der Waals surface area contributed by atoms with Crippen molar-refractivity contribution in [3.05, 3.63) is 88.0 Å². The number of rotatable bonds is 4. The summed E-state index contributed by atoms with van der Waals surface area (Å²) in [6, 6.07) is 11.5. The van der Waals surface area contributed by atoms with E-state index in [1.54, 1.807) is 29.7 Å². The van der Waals surface area contributed by atoms with E-state index in [-0.39, 0.29) is 18.7 Å². The average Bonchev–Trinajstić information content (AvgIpc) is 3.12. The number of ether oxygens (including phenoxy) is 1. The van der Waals surface area contributed by atoms with Gasteiger partial charge in [-0.3, -0.25) is 9.58 Å². The van der Waals surface area contributed by atoms with Crippen LogP contribution in [0.5, 0.6) is 0 Å². The number of benzene rings is 2. The van der Waals surface area contributed by atoms with Crippen molar-refractivity contribution in [2.45, 2.75) is 19.8 Å². The zero-order valence-electron chi connectivity index (χ0n) is 16.8. The number of allylic oxidation sites excluding steroid dienone is 2. The topological polar surface area (TPSA) is 99.4 Å². The summed E-state index contributed by atoms with van der Waals surface area (Å²) >= 11 is 5.97. The molecule has 31 heavy (non-hydrogen) atoms. The van der Waals surface area contributed by atoms with E-state index < -0.39 is 11.8 Å². The standard InChI is InChI=1S/C22H21ClFN5O2/c1-2-31-22(30)21-20-11-18(16(25)9-13-3-5-14(23)6-4-13)29(26)19-10-15(24)7-8-17(19)28(20)12-27-21/h3-8,10,12H,2,9,11,25-26H2,1H3/b18-16-. The van der Waals surface area contributed by atoms with E-state index in [0.717, 1.165) is 5.56 Å². The minimum atomic E-state index is -0.541. The Morgan fingerprint density at radius 1 is 1.23 bits per heavy atom. The molecule has 1 aliphatic rings. The third-order valence-electron chi connectivity index (χ3n) is 5.10. The van der Waals surface area contributed by atoms with Gasteiger partial charge in [0, 0.05) is 29.6 Å². The summed E-state index contributed by atoms with van der Waals surface area (Å²) in [5.74, 6) is 5.43. The van der Waals surface area contributed by atoms with E-state index in [9.17, 15) is 9.18 Å². The van der Waals surface area contributed by atoms with Gasteiger partial charge in [-0.05, 0) is 36.8 Å². The molecule has 2 heterocycles. The number of nitrogens with two attached hydrogens (primary N) is 2. The molecule has 0 unspecified atom stereocenters. The van der Waals surface area contributed by atoms with Crippen molar-refractivity contribution < 1.29 is 13.9 Å². The van der Waals surface area contributed by atoms with E-state index in [1.807, 2.05) is 12.1 Å². The van der Waals surface area contributed by atoms with Gasteiger partial charge in [-0.25, -0.2) is 20.0 Å². The van der Waals surface area contributed by atoms with Crippen molar-refractivity contribution in [1.29, 1.82) is 0 Å². The largest absolute Gasteiger partial charge is 0.461 e. The number of anilines is 1. The lowest BCUT2D eigenvalue weighted by molar-refractivity contribution is 0.0519. The zero-order chi connectivity index (χ0) is 22.1. The Morgan fingerprint density at radius 2 is 1.97 bits per heavy atom. The Labute approximate surface area is 183 Å². The van der Waals surface area contributed by atoms with Crippen LogP contribution in [-0.4, -0.2) is 22.1 Å². The second-order valence-electron chi connectivity index (χ2n) is 7.09. The highest BCUT2D eigenvalue weighted by Gasteiger charge is 2.29. The fraction of sp³-hybridized carbons (Fsp3) is 0.182. The smallest absolute Gasteiger partial charge is 0.358 e. The van der Waals surface area contributed by atoms with E-state index in [2.05, 4.69) is 4.98 Å². The molecule has 1 aromatic heterocycles. The molecule has 0 atom stereocenters. The quantitative estimate of drug-likeness (QED) is 0.475. The number of fused-ring (bicyclic) bond motifs is 3. The molecular weight excluding hydrogens is 421 g/mol. The summed E-state index contributed by atoms with van der Waals surface area (Å²) in [5, 5.41) is 1.99. The van der Waals surface area contributed by atoms with Crippen LogP contribution in [0.15, 0.2) is 60.2 Å². The van der Waals surface area contributed by atoms with Gasteiger partial charge in [-0.15, -0.1) is 0 Å². The van der Waals surface area contributed by atoms with Crippen LogP contribution in [0, 0.1) is 5.82 Å². The highest BCUT2D eigenvalue weighted by Crippen LogP contribution is 2.34. The first-order valence-corrected chi connectivity index (χ1v) is 10.1. The number of nitrogens with zero attached hydrogens (tertiary/aromatic N) is 3. The Kier molecular flexibility index (Phi) is 5.67. The summed E-state index contributed by atoms with van der Waals surface area (Å²) in [7, 11) is 0. The van der Waals surface area contributed by atoms with Crippen molar-refractivity contribution >= 4 is 23.3 Å². The van der Waals surface area contributed by atoms with Crippen molar-refractivity contribution in [2.24, 2.45) is 11.6 Å². The molecule has 1 aliphatic heterocycles. The van der Waals surface area contributed by atoms with Gasteiger partial charge in [0.25, 0.3) is 0 Å². The lowest BCUT2D eigenvalue weighted by Gasteiger charge is -2.23. The molecule has 160 valence electrons. The van der Waals surface area contributed by atoms with Crippen LogP contribution in [0.25, 0.3) is 5.69 Å². The van der Waals surface area contributed by atoms with E-state index in [4.69, 9.17) is 27.9 Å². The fourth-order valence-electron chi connectivity index (χ4n) is 3.60. The van der Waals surface area contributed by atoms with Crippen LogP contribution >= 0.6 is 11.6 Å². The minimum Gasteiger partial charge on any atom is -0.461 e. The molecule has 0 amide bonds. The minimum absolute atomic E-state index is 0.171. The molecule has 0 radical (unpaired) electrons. The van der Waals surface area contributed by atoms with E-state index >= 15 is 0 Å². The van der Waals surface area contributed by atoms with Crippen molar-refractivity contribution in [2.75, 3.05) is 11.6 Å². The van der Waals surface area contributed by atoms with Crippen LogP contribution in [0.2, 0.25) is 5.02 Å². The number of hydrogen-bond donors (Lipinski definition) is 2. The molecule has 0 spiro atoms. The van der Waals surface area contributed by atoms with Crippen LogP contribution in [0.4, 0.5) is 10.1 Å². The number of hydrazine groups is 1. The van der Waals surface area contributed by atoms with Gasteiger partial charge in [0.2, 0.25) is 0 Å². The first-order chi connectivity index (χ1) is 14.9. The zero-order valence-corrected chi connectivity index (χ0v) is 17.6. The molecular formula is C22H21ClFN5O2. The number of imidazole rings is 1. The predicted octanol–water partition coefficient (Wildman–Crippen LogP) is 3.49. The number of hydrogen-bond acceptors (Lipinski definition) is 6. The Balaban J connectivity index is 1.86. The maximum Gasteiger partial charge on any atom is 0.358 e. The van der Waals surface area contributed by atoms with Crippen molar-refractivity contribution in [3.8, 4) is 5.69 Å². The first-order valence-electron chi connectivity index (χ1n) is 9.69. The van der Waals surface area contributed by atoms with Crippen molar-refractivity contribution in [1.82, 2.24) is 9.55 Å². The second-order valence-corrected chi connectivity index (χ2v) is 7.52. The van der Waals surface area contributed by atoms with E-state index in [0.29, 0.717) is 39.9 Å². The fourth-order valence-corrected chi connectivity index (χ4v) is 3.72. The monoisotopic (exact) mass is 441 g/mol. The van der Waals surface area contributed by atoms with Gasteiger partial charge in [-0.1, -0.05) is 23.7 Å². The molecule has 9 heteroatoms. The molecule has 2 aromatic carbocycles. The third-order valence-corrected chi connectivity index (χ3v) is 5.35. The van der Waals surface area contributed by atoms with Crippen LogP contribution in [-0.2, 0) is 17.6 Å². The van der Waals surface area contributed by atoms with Crippen molar-refractivity contribution in [3.63, 3.8) is 0 Å². The van der Waals surface area contributed by atoms with Gasteiger partial charge in [0.15, 0.2) is 5.69 Å². The molecule has 0 saturated carbocycles. The number of carbonyl (C=O) groups excluding carboxylic acids is 1. The summed E-state index contributed by atoms with van der Waals surface area (Å²) < 4.78 is 20.9. The summed E-state index contributed by atoms with van der Waals surface area (Å²) in [4.78, 5) is 16.7. The maximum atomic E-state index is 14.1. The predicted molar refractivity (Wildman–Crippen MR) is 116 cm³/mol. The van der Waals surface area contributed by atoms with Gasteiger partial charge in [-0.2, -0.15) is 0 Å². The number of aromatic nitrogens is 2. The van der Waals surface area contributed by atoms with Gasteiger partial charge < -0.3 is 10.5 Å². The molecule has 0 saturated heterocycles. The SMILES string of the molecule is CCOC(=O)c1ncn2c1C/C(=C(/N)Cc1ccc(Cl)cc1)N(N)c1cc(F)ccc1-2. The Hall–Kier alpha value is -3.36. The number of halogens is 2. The Bertz CT molecular complexity index is 1170. The van der Waals surface area contributed by atoms with Gasteiger partial charge >= 0.3 is 5.97 Å². The lowest BCUT2D eigenvalue weighted by atomic mass is 10.1. The average molecular weight is 442 g/mol. The summed E-state index contributed by atoms with van der Waals surface area (Å²) in [6.07, 6.45) is 2.11. The van der Waals surface area contributed by atoms with Crippen LogP contribution < -0.4 is 16.6 Å². The normalized spacial score (nSPS) is 14.5. The number of carbonyl (C=O) groups is 1. The molecule has 4 rings (SSSR count). The molecule has 0 bridgehead atoms. The summed E-state index contributed by atoms with van der Waals surface area (Å²) in [6.45, 7) is 1.94.